The molecular formula is C10H16ClN3O. The summed E-state index contributed by atoms with van der Waals surface area (Å²) in [6.07, 6.45) is 1.20. The van der Waals surface area contributed by atoms with Crippen LogP contribution in [0.25, 0.3) is 0 Å². The molecule has 0 bridgehead atoms. The summed E-state index contributed by atoms with van der Waals surface area (Å²) in [5, 5.41) is 7.85. The summed E-state index contributed by atoms with van der Waals surface area (Å²) in [7, 11) is 0. The van der Waals surface area contributed by atoms with E-state index in [4.69, 9.17) is 16.0 Å². The maximum Gasteiger partial charge on any atom is 0.318 e. The van der Waals surface area contributed by atoms with Crippen LogP contribution >= 0.6 is 11.6 Å². The minimum Gasteiger partial charge on any atom is -0.407 e. The van der Waals surface area contributed by atoms with Crippen LogP contribution in [-0.4, -0.2) is 23.3 Å². The zero-order valence-electron chi connectivity index (χ0n) is 9.11. The van der Waals surface area contributed by atoms with Gasteiger partial charge in [-0.15, -0.1) is 16.7 Å². The van der Waals surface area contributed by atoms with E-state index in [1.807, 2.05) is 0 Å². The zero-order valence-corrected chi connectivity index (χ0v) is 9.87. The maximum atomic E-state index is 5.61. The Bertz CT molecular complexity index is 326. The number of hydrogen-bond donors (Lipinski definition) is 0. The van der Waals surface area contributed by atoms with E-state index in [0.717, 1.165) is 19.0 Å². The molecule has 0 aromatic carbocycles. The second kappa shape index (κ2) is 4.39. The van der Waals surface area contributed by atoms with Gasteiger partial charge in [0.15, 0.2) is 0 Å². The van der Waals surface area contributed by atoms with Crippen molar-refractivity contribution in [2.75, 3.05) is 18.0 Å². The van der Waals surface area contributed by atoms with Gasteiger partial charge in [0.1, 0.15) is 5.88 Å². The number of anilines is 1. The van der Waals surface area contributed by atoms with Crippen LogP contribution in [0.1, 0.15) is 26.2 Å². The number of halogens is 1. The van der Waals surface area contributed by atoms with Crippen LogP contribution in [0.2, 0.25) is 0 Å². The van der Waals surface area contributed by atoms with Gasteiger partial charge in [-0.3, -0.25) is 0 Å². The van der Waals surface area contributed by atoms with Crippen LogP contribution in [0, 0.1) is 11.8 Å². The molecule has 2 heterocycles. The maximum absolute atomic E-state index is 5.61. The van der Waals surface area contributed by atoms with Gasteiger partial charge in [0.2, 0.25) is 5.89 Å². The fourth-order valence-corrected chi connectivity index (χ4v) is 2.04. The predicted molar refractivity (Wildman–Crippen MR) is 59.0 cm³/mol. The van der Waals surface area contributed by atoms with Crippen molar-refractivity contribution < 1.29 is 4.42 Å². The number of alkyl halides is 1. The number of rotatable bonds is 3. The quantitative estimate of drug-likeness (QED) is 0.746. The van der Waals surface area contributed by atoms with Crippen LogP contribution < -0.4 is 4.90 Å². The van der Waals surface area contributed by atoms with Crippen LogP contribution in [0.5, 0.6) is 0 Å². The van der Waals surface area contributed by atoms with Gasteiger partial charge in [-0.05, 0) is 18.3 Å². The standard InChI is InChI=1S/C10H16ClN3O/c1-7(2)8-3-4-14(6-8)10-13-12-9(5-11)15-10/h7-8H,3-6H2,1-2H3. The molecule has 0 amide bonds. The molecule has 15 heavy (non-hydrogen) atoms. The lowest BCUT2D eigenvalue weighted by molar-refractivity contribution is 0.419. The Morgan fingerprint density at radius 1 is 1.53 bits per heavy atom. The van der Waals surface area contributed by atoms with E-state index in [2.05, 4.69) is 28.9 Å². The zero-order chi connectivity index (χ0) is 10.8. The average molecular weight is 230 g/mol. The Morgan fingerprint density at radius 2 is 2.33 bits per heavy atom. The second-order valence-electron chi connectivity index (χ2n) is 4.35. The fourth-order valence-electron chi connectivity index (χ4n) is 1.93. The molecule has 0 aliphatic carbocycles. The molecule has 0 spiro atoms. The molecule has 1 fully saturated rings. The fraction of sp³-hybridized carbons (Fsp3) is 0.800. The van der Waals surface area contributed by atoms with Gasteiger partial charge >= 0.3 is 6.01 Å². The molecule has 1 unspecified atom stereocenters. The molecule has 1 atom stereocenters. The lowest BCUT2D eigenvalue weighted by Crippen LogP contribution is -2.21. The van der Waals surface area contributed by atoms with Gasteiger partial charge in [0.05, 0.1) is 0 Å². The predicted octanol–water partition coefficient (Wildman–Crippen LogP) is 2.29. The third-order valence-electron chi connectivity index (χ3n) is 3.01. The molecule has 1 aliphatic rings. The van der Waals surface area contributed by atoms with Crippen molar-refractivity contribution >= 4 is 17.6 Å². The summed E-state index contributed by atoms with van der Waals surface area (Å²) in [5.74, 6) is 2.23. The molecule has 4 nitrogen and oxygen atoms in total. The monoisotopic (exact) mass is 229 g/mol. The van der Waals surface area contributed by atoms with Gasteiger partial charge in [0, 0.05) is 13.1 Å². The Kier molecular flexibility index (Phi) is 3.14. The highest BCUT2D eigenvalue weighted by Crippen LogP contribution is 2.27. The van der Waals surface area contributed by atoms with Crippen molar-refractivity contribution in [3.63, 3.8) is 0 Å². The molecule has 5 heteroatoms. The van der Waals surface area contributed by atoms with Crippen molar-refractivity contribution in [1.29, 1.82) is 0 Å². The van der Waals surface area contributed by atoms with Crippen molar-refractivity contribution in [3.05, 3.63) is 5.89 Å². The van der Waals surface area contributed by atoms with E-state index < -0.39 is 0 Å². The minimum atomic E-state index is 0.286. The van der Waals surface area contributed by atoms with Gasteiger partial charge in [0.25, 0.3) is 0 Å². The molecule has 2 rings (SSSR count). The molecular weight excluding hydrogens is 214 g/mol. The van der Waals surface area contributed by atoms with E-state index >= 15 is 0 Å². The first kappa shape index (κ1) is 10.7. The molecule has 0 saturated carbocycles. The summed E-state index contributed by atoms with van der Waals surface area (Å²) in [5.41, 5.74) is 0. The van der Waals surface area contributed by atoms with E-state index in [0.29, 0.717) is 17.8 Å². The van der Waals surface area contributed by atoms with E-state index in [1.54, 1.807) is 0 Å². The molecule has 1 saturated heterocycles. The van der Waals surface area contributed by atoms with Gasteiger partial charge in [-0.25, -0.2) is 0 Å². The summed E-state index contributed by atoms with van der Waals surface area (Å²) < 4.78 is 5.42. The van der Waals surface area contributed by atoms with E-state index in [-0.39, 0.29) is 5.88 Å². The average Bonchev–Trinajstić information content (AvgIpc) is 2.86. The largest absolute Gasteiger partial charge is 0.407 e. The Hall–Kier alpha value is -0.770. The number of aromatic nitrogens is 2. The van der Waals surface area contributed by atoms with Crippen LogP contribution in [0.4, 0.5) is 6.01 Å². The van der Waals surface area contributed by atoms with Crippen molar-refractivity contribution in [2.45, 2.75) is 26.1 Å². The van der Waals surface area contributed by atoms with Gasteiger partial charge in [-0.1, -0.05) is 18.9 Å². The topological polar surface area (TPSA) is 42.2 Å². The molecule has 1 aromatic rings. The molecule has 84 valence electrons. The molecule has 1 aromatic heterocycles. The third-order valence-corrected chi connectivity index (χ3v) is 3.24. The first-order chi connectivity index (χ1) is 7.20. The number of hydrogen-bond acceptors (Lipinski definition) is 4. The van der Waals surface area contributed by atoms with Crippen LogP contribution in [-0.2, 0) is 5.88 Å². The molecule has 0 radical (unpaired) electrons. The SMILES string of the molecule is CC(C)C1CCN(c2nnc(CCl)o2)C1. The number of nitrogens with zero attached hydrogens (tertiary/aromatic N) is 3. The smallest absolute Gasteiger partial charge is 0.318 e. The first-order valence-corrected chi connectivity index (χ1v) is 5.87. The van der Waals surface area contributed by atoms with Crippen molar-refractivity contribution in [1.82, 2.24) is 10.2 Å². The summed E-state index contributed by atoms with van der Waals surface area (Å²) in [4.78, 5) is 2.15. The normalized spacial score (nSPS) is 21.6. The highest BCUT2D eigenvalue weighted by molar-refractivity contribution is 6.16. The highest BCUT2D eigenvalue weighted by Gasteiger charge is 2.27. The molecule has 0 N–H and O–H groups in total. The van der Waals surface area contributed by atoms with E-state index in [1.165, 1.54) is 6.42 Å². The van der Waals surface area contributed by atoms with Gasteiger partial charge < -0.3 is 9.32 Å². The lowest BCUT2D eigenvalue weighted by atomic mass is 9.95. The second-order valence-corrected chi connectivity index (χ2v) is 4.62. The first-order valence-electron chi connectivity index (χ1n) is 5.34. The lowest BCUT2D eigenvalue weighted by Gasteiger charge is -2.15. The summed E-state index contributed by atoms with van der Waals surface area (Å²) in [6.45, 7) is 6.53. The van der Waals surface area contributed by atoms with Crippen molar-refractivity contribution in [2.24, 2.45) is 11.8 Å². The highest BCUT2D eigenvalue weighted by atomic mass is 35.5. The van der Waals surface area contributed by atoms with E-state index in [9.17, 15) is 0 Å². The van der Waals surface area contributed by atoms with Gasteiger partial charge in [-0.2, -0.15) is 0 Å². The summed E-state index contributed by atoms with van der Waals surface area (Å²) >= 11 is 5.61. The van der Waals surface area contributed by atoms with Crippen LogP contribution in [0.15, 0.2) is 4.42 Å². The Morgan fingerprint density at radius 3 is 2.87 bits per heavy atom. The third kappa shape index (κ3) is 2.25. The van der Waals surface area contributed by atoms with Crippen molar-refractivity contribution in [3.8, 4) is 0 Å². The summed E-state index contributed by atoms with van der Waals surface area (Å²) in [6, 6.07) is 0.619. The minimum absolute atomic E-state index is 0.286. The Labute approximate surface area is 94.6 Å². The van der Waals surface area contributed by atoms with Crippen LogP contribution in [0.3, 0.4) is 0 Å². The Balaban J connectivity index is 2.01. The molecule has 1 aliphatic heterocycles.